The van der Waals surface area contributed by atoms with E-state index >= 15 is 0 Å². The first-order chi connectivity index (χ1) is 9.78. The van der Waals surface area contributed by atoms with Crippen LogP contribution in [0.3, 0.4) is 0 Å². The molecule has 2 rings (SSSR count). The molecule has 1 heterocycles. The van der Waals surface area contributed by atoms with Crippen LogP contribution in [-0.4, -0.2) is 42.6 Å². The smallest absolute Gasteiger partial charge is 0.0233 e. The Balaban J connectivity index is 1.65. The lowest BCUT2D eigenvalue weighted by atomic mass is 10.0. The van der Waals surface area contributed by atoms with Crippen LogP contribution < -0.4 is 5.32 Å². The standard InChI is InChI=1S/C17H28N2S/c1-15(14-20-2)12-18-17-8-10-19(11-9-17)13-16-6-4-3-5-7-16/h3-7,15,17-18H,8-14H2,1-2H3. The second kappa shape index (κ2) is 8.71. The highest BCUT2D eigenvalue weighted by Crippen LogP contribution is 2.14. The minimum atomic E-state index is 0.728. The van der Waals surface area contributed by atoms with E-state index in [4.69, 9.17) is 0 Å². The largest absolute Gasteiger partial charge is 0.314 e. The Morgan fingerprint density at radius 2 is 1.95 bits per heavy atom. The van der Waals surface area contributed by atoms with Crippen molar-refractivity contribution in [3.05, 3.63) is 35.9 Å². The minimum absolute atomic E-state index is 0.728. The fraction of sp³-hybridized carbons (Fsp3) is 0.647. The van der Waals surface area contributed by atoms with Gasteiger partial charge in [0.05, 0.1) is 0 Å². The summed E-state index contributed by atoms with van der Waals surface area (Å²) >= 11 is 1.95. The van der Waals surface area contributed by atoms with Crippen LogP contribution in [-0.2, 0) is 6.54 Å². The Hall–Kier alpha value is -0.510. The summed E-state index contributed by atoms with van der Waals surface area (Å²) in [5, 5.41) is 3.75. The van der Waals surface area contributed by atoms with E-state index in [-0.39, 0.29) is 0 Å². The molecule has 0 spiro atoms. The Kier molecular flexibility index (Phi) is 6.91. The molecule has 1 unspecified atom stereocenters. The molecule has 3 heteroatoms. The van der Waals surface area contributed by atoms with Crippen molar-refractivity contribution in [3.8, 4) is 0 Å². The van der Waals surface area contributed by atoms with Gasteiger partial charge in [0.15, 0.2) is 0 Å². The van der Waals surface area contributed by atoms with Gasteiger partial charge in [-0.15, -0.1) is 0 Å². The fourth-order valence-electron chi connectivity index (χ4n) is 2.85. The van der Waals surface area contributed by atoms with Crippen LogP contribution in [0.15, 0.2) is 30.3 Å². The summed E-state index contributed by atoms with van der Waals surface area (Å²) in [7, 11) is 0. The van der Waals surface area contributed by atoms with Crippen LogP contribution in [0.2, 0.25) is 0 Å². The highest BCUT2D eigenvalue weighted by molar-refractivity contribution is 7.98. The molecule has 0 radical (unpaired) electrons. The number of nitrogens with one attached hydrogen (secondary N) is 1. The summed E-state index contributed by atoms with van der Waals surface area (Å²) in [5.41, 5.74) is 1.44. The summed E-state index contributed by atoms with van der Waals surface area (Å²) in [5.74, 6) is 2.05. The van der Waals surface area contributed by atoms with Gasteiger partial charge in [0, 0.05) is 12.6 Å². The van der Waals surface area contributed by atoms with Crippen molar-refractivity contribution in [1.82, 2.24) is 10.2 Å². The number of nitrogens with zero attached hydrogens (tertiary/aromatic N) is 1. The maximum absolute atomic E-state index is 3.75. The zero-order valence-electron chi connectivity index (χ0n) is 12.8. The molecular formula is C17H28N2S. The lowest BCUT2D eigenvalue weighted by Gasteiger charge is -2.33. The van der Waals surface area contributed by atoms with Crippen LogP contribution in [0.25, 0.3) is 0 Å². The third-order valence-electron chi connectivity index (χ3n) is 4.04. The van der Waals surface area contributed by atoms with E-state index in [1.54, 1.807) is 0 Å². The van der Waals surface area contributed by atoms with E-state index < -0.39 is 0 Å². The zero-order chi connectivity index (χ0) is 14.2. The van der Waals surface area contributed by atoms with Gasteiger partial charge in [-0.3, -0.25) is 4.90 Å². The summed E-state index contributed by atoms with van der Waals surface area (Å²) in [6, 6.07) is 11.6. The average molecular weight is 292 g/mol. The van der Waals surface area contributed by atoms with Gasteiger partial charge >= 0.3 is 0 Å². The molecule has 0 bridgehead atoms. The monoisotopic (exact) mass is 292 g/mol. The van der Waals surface area contributed by atoms with E-state index in [1.807, 2.05) is 11.8 Å². The molecule has 0 aromatic heterocycles. The second-order valence-electron chi connectivity index (χ2n) is 6.00. The van der Waals surface area contributed by atoms with Gasteiger partial charge in [-0.2, -0.15) is 11.8 Å². The van der Waals surface area contributed by atoms with Crippen LogP contribution in [0.1, 0.15) is 25.3 Å². The van der Waals surface area contributed by atoms with Crippen LogP contribution >= 0.6 is 11.8 Å². The highest BCUT2D eigenvalue weighted by Gasteiger charge is 2.19. The number of piperidine rings is 1. The first kappa shape index (κ1) is 15.9. The number of rotatable bonds is 7. The van der Waals surface area contributed by atoms with Crippen LogP contribution in [0.4, 0.5) is 0 Å². The average Bonchev–Trinajstić information content (AvgIpc) is 2.48. The molecule has 1 saturated heterocycles. The van der Waals surface area contributed by atoms with Crippen LogP contribution in [0, 0.1) is 5.92 Å². The molecule has 0 aliphatic carbocycles. The molecule has 0 saturated carbocycles. The van der Waals surface area contributed by atoms with Gasteiger partial charge in [0.1, 0.15) is 0 Å². The topological polar surface area (TPSA) is 15.3 Å². The van der Waals surface area contributed by atoms with E-state index in [1.165, 1.54) is 43.8 Å². The number of hydrogen-bond donors (Lipinski definition) is 1. The van der Waals surface area contributed by atoms with E-state index in [2.05, 4.69) is 53.7 Å². The van der Waals surface area contributed by atoms with Gasteiger partial charge < -0.3 is 5.32 Å². The summed E-state index contributed by atoms with van der Waals surface area (Å²) < 4.78 is 0. The summed E-state index contributed by atoms with van der Waals surface area (Å²) in [6.45, 7) is 7.07. The number of benzene rings is 1. The van der Waals surface area contributed by atoms with Crippen molar-refractivity contribution in [3.63, 3.8) is 0 Å². The van der Waals surface area contributed by atoms with Crippen molar-refractivity contribution in [2.45, 2.75) is 32.4 Å². The molecule has 1 N–H and O–H groups in total. The molecule has 0 amide bonds. The van der Waals surface area contributed by atoms with Gasteiger partial charge in [0.25, 0.3) is 0 Å². The molecule has 20 heavy (non-hydrogen) atoms. The lowest BCUT2D eigenvalue weighted by Crippen LogP contribution is -2.43. The van der Waals surface area contributed by atoms with Crippen molar-refractivity contribution in [2.75, 3.05) is 31.6 Å². The highest BCUT2D eigenvalue weighted by atomic mass is 32.2. The Morgan fingerprint density at radius 3 is 2.60 bits per heavy atom. The number of thioether (sulfide) groups is 1. The van der Waals surface area contributed by atoms with Gasteiger partial charge in [-0.05, 0) is 56.0 Å². The molecule has 112 valence electrons. The predicted molar refractivity (Wildman–Crippen MR) is 90.3 cm³/mol. The zero-order valence-corrected chi connectivity index (χ0v) is 13.7. The maximum Gasteiger partial charge on any atom is 0.0233 e. The molecule has 1 aliphatic rings. The molecule has 2 nitrogen and oxygen atoms in total. The Bertz CT molecular complexity index is 361. The predicted octanol–water partition coefficient (Wildman–Crippen LogP) is 3.24. The lowest BCUT2D eigenvalue weighted by molar-refractivity contribution is 0.189. The summed E-state index contributed by atoms with van der Waals surface area (Å²) in [4.78, 5) is 2.58. The molecule has 1 aromatic rings. The SMILES string of the molecule is CSCC(C)CNC1CCN(Cc2ccccc2)CC1. The fourth-order valence-corrected chi connectivity index (χ4v) is 3.54. The minimum Gasteiger partial charge on any atom is -0.314 e. The van der Waals surface area contributed by atoms with Gasteiger partial charge in [0.2, 0.25) is 0 Å². The number of likely N-dealkylation sites (tertiary alicyclic amines) is 1. The first-order valence-electron chi connectivity index (χ1n) is 7.76. The van der Waals surface area contributed by atoms with Crippen molar-refractivity contribution < 1.29 is 0 Å². The number of hydrogen-bond acceptors (Lipinski definition) is 3. The molecule has 1 atom stereocenters. The molecule has 1 fully saturated rings. The van der Waals surface area contributed by atoms with Crippen molar-refractivity contribution >= 4 is 11.8 Å². The second-order valence-corrected chi connectivity index (χ2v) is 6.92. The third-order valence-corrected chi connectivity index (χ3v) is 4.95. The van der Waals surface area contributed by atoms with Gasteiger partial charge in [-0.1, -0.05) is 37.3 Å². The Morgan fingerprint density at radius 1 is 1.25 bits per heavy atom. The van der Waals surface area contributed by atoms with E-state index in [0.29, 0.717) is 0 Å². The molecule has 1 aromatic carbocycles. The molecular weight excluding hydrogens is 264 g/mol. The third kappa shape index (κ3) is 5.47. The van der Waals surface area contributed by atoms with Crippen LogP contribution in [0.5, 0.6) is 0 Å². The van der Waals surface area contributed by atoms with Crippen molar-refractivity contribution in [2.24, 2.45) is 5.92 Å². The van der Waals surface area contributed by atoms with E-state index in [9.17, 15) is 0 Å². The maximum atomic E-state index is 3.75. The summed E-state index contributed by atoms with van der Waals surface area (Å²) in [6.07, 6.45) is 4.77. The normalized spacial score (nSPS) is 19.1. The van der Waals surface area contributed by atoms with E-state index in [0.717, 1.165) is 18.5 Å². The van der Waals surface area contributed by atoms with Crippen molar-refractivity contribution in [1.29, 1.82) is 0 Å². The molecule has 1 aliphatic heterocycles. The first-order valence-corrected chi connectivity index (χ1v) is 9.16. The van der Waals surface area contributed by atoms with Gasteiger partial charge in [-0.25, -0.2) is 0 Å². The Labute approximate surface area is 128 Å². The quantitative estimate of drug-likeness (QED) is 0.830.